The molecule has 0 bridgehead atoms. The lowest BCUT2D eigenvalue weighted by Crippen LogP contribution is -2.62. The molecule has 5 heteroatoms. The van der Waals surface area contributed by atoms with E-state index in [2.05, 4.69) is 0 Å². The molecule has 0 aromatic rings. The van der Waals surface area contributed by atoms with E-state index in [1.54, 1.807) is 4.90 Å². The van der Waals surface area contributed by atoms with E-state index in [0.29, 0.717) is 13.1 Å². The second-order valence-electron chi connectivity index (χ2n) is 3.39. The third-order valence-electron chi connectivity index (χ3n) is 2.62. The van der Waals surface area contributed by atoms with Crippen LogP contribution in [0.3, 0.4) is 0 Å². The highest BCUT2D eigenvalue weighted by Crippen LogP contribution is 2.18. The van der Waals surface area contributed by atoms with E-state index in [4.69, 9.17) is 5.11 Å². The smallest absolute Gasteiger partial charge is 0.109 e. The molecule has 0 aromatic heterocycles. The normalized spacial score (nSPS) is 42.2. The molecular formula is C8H17NO4. The summed E-state index contributed by atoms with van der Waals surface area (Å²) < 4.78 is 0. The number of hydrogen-bond donors (Lipinski definition) is 4. The molecule has 1 fully saturated rings. The molecule has 4 atom stereocenters. The van der Waals surface area contributed by atoms with Crippen molar-refractivity contribution in [2.45, 2.75) is 31.3 Å². The van der Waals surface area contributed by atoms with Gasteiger partial charge in [0.25, 0.3) is 0 Å². The zero-order valence-corrected chi connectivity index (χ0v) is 7.67. The molecule has 13 heavy (non-hydrogen) atoms. The molecule has 0 amide bonds. The minimum Gasteiger partial charge on any atom is -0.395 e. The monoisotopic (exact) mass is 191 g/mol. The van der Waals surface area contributed by atoms with E-state index in [1.807, 2.05) is 6.92 Å². The largest absolute Gasteiger partial charge is 0.395 e. The number of rotatable bonds is 2. The van der Waals surface area contributed by atoms with Crippen LogP contribution in [0.25, 0.3) is 0 Å². The summed E-state index contributed by atoms with van der Waals surface area (Å²) in [5.41, 5.74) is 0. The van der Waals surface area contributed by atoms with Gasteiger partial charge in [0, 0.05) is 6.54 Å². The molecule has 78 valence electrons. The minimum absolute atomic E-state index is 0.210. The molecule has 0 aliphatic carbocycles. The number of aliphatic hydroxyl groups excluding tert-OH is 4. The van der Waals surface area contributed by atoms with Crippen LogP contribution in [0, 0.1) is 0 Å². The van der Waals surface area contributed by atoms with Gasteiger partial charge in [-0.3, -0.25) is 4.90 Å². The van der Waals surface area contributed by atoms with E-state index in [-0.39, 0.29) is 6.61 Å². The fourth-order valence-corrected chi connectivity index (χ4v) is 1.74. The molecule has 5 nitrogen and oxygen atoms in total. The maximum atomic E-state index is 9.50. The van der Waals surface area contributed by atoms with E-state index in [1.165, 1.54) is 0 Å². The average molecular weight is 191 g/mol. The SMILES string of the molecule is CCN1CC(O)C(O)[C@H](O)C1CO. The molecule has 1 rings (SSSR count). The van der Waals surface area contributed by atoms with Crippen LogP contribution in [-0.4, -0.2) is 69.4 Å². The van der Waals surface area contributed by atoms with E-state index < -0.39 is 24.4 Å². The summed E-state index contributed by atoms with van der Waals surface area (Å²) >= 11 is 0. The Bertz CT molecular complexity index is 164. The summed E-state index contributed by atoms with van der Waals surface area (Å²) in [5, 5.41) is 37.1. The summed E-state index contributed by atoms with van der Waals surface area (Å²) in [5.74, 6) is 0. The standard InChI is InChI=1S/C8H17NO4/c1-2-9-3-6(11)8(13)7(12)5(9)4-10/h5-8,10-13H,2-4H2,1H3/t5?,6?,7-,8?/m1/s1. The van der Waals surface area contributed by atoms with Crippen LogP contribution in [0.1, 0.15) is 6.92 Å². The van der Waals surface area contributed by atoms with E-state index in [9.17, 15) is 15.3 Å². The second kappa shape index (κ2) is 4.34. The highest BCUT2D eigenvalue weighted by Gasteiger charge is 2.40. The Morgan fingerprint density at radius 1 is 1.23 bits per heavy atom. The molecule has 0 aromatic carbocycles. The number of nitrogens with zero attached hydrogens (tertiary/aromatic N) is 1. The first kappa shape index (κ1) is 10.9. The molecule has 1 aliphatic heterocycles. The van der Waals surface area contributed by atoms with Gasteiger partial charge in [0.05, 0.1) is 18.8 Å². The lowest BCUT2D eigenvalue weighted by atomic mass is 9.94. The molecule has 4 N–H and O–H groups in total. The Hall–Kier alpha value is -0.200. The Morgan fingerprint density at radius 2 is 1.85 bits per heavy atom. The highest BCUT2D eigenvalue weighted by molar-refractivity contribution is 4.93. The number of hydrogen-bond acceptors (Lipinski definition) is 5. The Morgan fingerprint density at radius 3 is 2.31 bits per heavy atom. The first-order chi connectivity index (χ1) is 6.11. The lowest BCUT2D eigenvalue weighted by molar-refractivity contribution is -0.143. The Labute approximate surface area is 77.2 Å². The van der Waals surface area contributed by atoms with Gasteiger partial charge in [0.2, 0.25) is 0 Å². The van der Waals surface area contributed by atoms with Crippen molar-refractivity contribution in [3.05, 3.63) is 0 Å². The van der Waals surface area contributed by atoms with Crippen LogP contribution < -0.4 is 0 Å². The number of β-amino-alcohol motifs (C(OH)–C–C–N with tert-alkyl or cyclic N) is 1. The number of likely N-dealkylation sites (tertiary alicyclic amines) is 1. The molecule has 1 heterocycles. The van der Waals surface area contributed by atoms with Crippen molar-refractivity contribution in [2.75, 3.05) is 19.7 Å². The minimum atomic E-state index is -1.15. The van der Waals surface area contributed by atoms with Gasteiger partial charge in [-0.25, -0.2) is 0 Å². The maximum Gasteiger partial charge on any atom is 0.109 e. The quantitative estimate of drug-likeness (QED) is 0.397. The average Bonchev–Trinajstić information content (AvgIpc) is 2.13. The predicted octanol–water partition coefficient (Wildman–Crippen LogP) is -2.23. The number of aliphatic hydroxyl groups is 4. The van der Waals surface area contributed by atoms with Gasteiger partial charge >= 0.3 is 0 Å². The molecule has 0 saturated carbocycles. The third-order valence-corrected chi connectivity index (χ3v) is 2.62. The third kappa shape index (κ3) is 2.00. The first-order valence-electron chi connectivity index (χ1n) is 4.51. The highest BCUT2D eigenvalue weighted by atomic mass is 16.4. The van der Waals surface area contributed by atoms with Crippen LogP contribution in [0.15, 0.2) is 0 Å². The van der Waals surface area contributed by atoms with Crippen LogP contribution in [0.2, 0.25) is 0 Å². The van der Waals surface area contributed by atoms with Gasteiger partial charge in [-0.15, -0.1) is 0 Å². The molecule has 3 unspecified atom stereocenters. The topological polar surface area (TPSA) is 84.2 Å². The fourth-order valence-electron chi connectivity index (χ4n) is 1.74. The predicted molar refractivity (Wildman–Crippen MR) is 46.1 cm³/mol. The van der Waals surface area contributed by atoms with Crippen molar-refractivity contribution in [2.24, 2.45) is 0 Å². The fraction of sp³-hybridized carbons (Fsp3) is 1.00. The van der Waals surface area contributed by atoms with Gasteiger partial charge in [0.1, 0.15) is 12.2 Å². The summed E-state index contributed by atoms with van der Waals surface area (Å²) in [6, 6.07) is -0.469. The van der Waals surface area contributed by atoms with Gasteiger partial charge in [-0.1, -0.05) is 6.92 Å². The van der Waals surface area contributed by atoms with Gasteiger partial charge in [-0.05, 0) is 6.54 Å². The van der Waals surface area contributed by atoms with Crippen LogP contribution >= 0.6 is 0 Å². The van der Waals surface area contributed by atoms with Crippen molar-refractivity contribution >= 4 is 0 Å². The van der Waals surface area contributed by atoms with Crippen molar-refractivity contribution in [1.29, 1.82) is 0 Å². The molecule has 1 aliphatic rings. The van der Waals surface area contributed by atoms with Gasteiger partial charge in [-0.2, -0.15) is 0 Å². The zero-order chi connectivity index (χ0) is 10.0. The molecular weight excluding hydrogens is 174 g/mol. The van der Waals surface area contributed by atoms with Crippen molar-refractivity contribution in [1.82, 2.24) is 4.90 Å². The van der Waals surface area contributed by atoms with Crippen molar-refractivity contribution < 1.29 is 20.4 Å². The van der Waals surface area contributed by atoms with Crippen molar-refractivity contribution in [3.8, 4) is 0 Å². The summed E-state index contributed by atoms with van der Waals surface area (Å²) in [6.45, 7) is 2.59. The van der Waals surface area contributed by atoms with Crippen molar-refractivity contribution in [3.63, 3.8) is 0 Å². The number of likely N-dealkylation sites (N-methyl/N-ethyl adjacent to an activating group) is 1. The van der Waals surface area contributed by atoms with Gasteiger partial charge in [0.15, 0.2) is 0 Å². The first-order valence-corrected chi connectivity index (χ1v) is 4.51. The summed E-state index contributed by atoms with van der Waals surface area (Å²) in [7, 11) is 0. The molecule has 1 saturated heterocycles. The second-order valence-corrected chi connectivity index (χ2v) is 3.39. The summed E-state index contributed by atoms with van der Waals surface area (Å²) in [6.07, 6.45) is -3.16. The Kier molecular flexibility index (Phi) is 3.63. The van der Waals surface area contributed by atoms with Crippen LogP contribution in [0.5, 0.6) is 0 Å². The van der Waals surface area contributed by atoms with Crippen LogP contribution in [-0.2, 0) is 0 Å². The van der Waals surface area contributed by atoms with E-state index >= 15 is 0 Å². The van der Waals surface area contributed by atoms with E-state index in [0.717, 1.165) is 0 Å². The van der Waals surface area contributed by atoms with Crippen LogP contribution in [0.4, 0.5) is 0 Å². The molecule has 0 radical (unpaired) electrons. The Balaban J connectivity index is 2.69. The van der Waals surface area contributed by atoms with Gasteiger partial charge < -0.3 is 20.4 Å². The summed E-state index contributed by atoms with van der Waals surface area (Å²) in [4.78, 5) is 1.75. The zero-order valence-electron chi connectivity index (χ0n) is 7.67. The number of piperidine rings is 1. The molecule has 0 spiro atoms. The lowest BCUT2D eigenvalue weighted by Gasteiger charge is -2.42. The maximum absolute atomic E-state index is 9.50.